The second-order valence-corrected chi connectivity index (χ2v) is 11.7. The lowest BCUT2D eigenvalue weighted by Gasteiger charge is -2.30. The molecule has 1 aliphatic heterocycles. The number of aryl methyl sites for hydroxylation is 1. The molecule has 43 heavy (non-hydrogen) atoms. The number of para-hydroxylation sites is 2. The standard InChI is InChI=1S/C41H46N2/c1-9-16-34-35-18-13-14-20-39(35)43(38(34)12-4)33(11-3)25-22-29(6)32(10-2)24-23-31(8)42-40-26-21-28(5)27-37(40)36-19-15-17-30(7)41(36)42/h9,11,13-27,37,40H,6,10,12H2,1-5,7-8H3/b16-9-,25-22-,31-23+,32-24+,33-11+. The average molecular weight is 567 g/mol. The zero-order chi connectivity index (χ0) is 30.7. The van der Waals surface area contributed by atoms with E-state index in [2.05, 4.69) is 168 Å². The highest BCUT2D eigenvalue weighted by Crippen LogP contribution is 2.48. The average Bonchev–Trinajstić information content (AvgIpc) is 3.51. The van der Waals surface area contributed by atoms with Crippen molar-refractivity contribution in [2.75, 3.05) is 4.90 Å². The number of rotatable bonds is 9. The number of aromatic nitrogens is 1. The number of fused-ring (bicyclic) bond motifs is 4. The van der Waals surface area contributed by atoms with Crippen LogP contribution in [0.25, 0.3) is 22.7 Å². The molecule has 1 aliphatic carbocycles. The van der Waals surface area contributed by atoms with Crippen molar-refractivity contribution in [3.63, 3.8) is 0 Å². The van der Waals surface area contributed by atoms with Crippen molar-refractivity contribution in [2.24, 2.45) is 0 Å². The van der Waals surface area contributed by atoms with E-state index in [-0.39, 0.29) is 0 Å². The molecule has 2 aliphatic rings. The van der Waals surface area contributed by atoms with Gasteiger partial charge in [-0.1, -0.05) is 111 Å². The summed E-state index contributed by atoms with van der Waals surface area (Å²) < 4.78 is 2.41. The van der Waals surface area contributed by atoms with Crippen LogP contribution < -0.4 is 4.90 Å². The Morgan fingerprint density at radius 1 is 0.977 bits per heavy atom. The highest BCUT2D eigenvalue weighted by molar-refractivity contribution is 5.94. The van der Waals surface area contributed by atoms with Gasteiger partial charge in [0.15, 0.2) is 0 Å². The van der Waals surface area contributed by atoms with Crippen LogP contribution in [-0.4, -0.2) is 10.6 Å². The topological polar surface area (TPSA) is 8.17 Å². The molecule has 5 rings (SSSR count). The molecule has 3 aromatic rings. The van der Waals surface area contributed by atoms with Gasteiger partial charge in [-0.25, -0.2) is 0 Å². The first-order valence-electron chi connectivity index (χ1n) is 15.8. The lowest BCUT2D eigenvalue weighted by molar-refractivity contribution is 0.717. The van der Waals surface area contributed by atoms with Gasteiger partial charge in [0, 0.05) is 39.6 Å². The monoisotopic (exact) mass is 566 g/mol. The fourth-order valence-corrected chi connectivity index (χ4v) is 6.83. The fraction of sp³-hybridized carbons (Fsp3) is 0.268. The third-order valence-electron chi connectivity index (χ3n) is 8.93. The molecule has 2 heteroatoms. The number of benzene rings is 2. The largest absolute Gasteiger partial charge is 0.337 e. The summed E-state index contributed by atoms with van der Waals surface area (Å²) in [5, 5.41) is 1.29. The van der Waals surface area contributed by atoms with E-state index < -0.39 is 0 Å². The SMILES string of the molecule is C=C(/C=C\C(=C/C)n1c(CC)c(/C=C\C)c2ccccc21)/C(=C/C=C(\C)N1c2c(C)cccc2C2C=C(C)C=CC21)CC. The van der Waals surface area contributed by atoms with Gasteiger partial charge >= 0.3 is 0 Å². The Kier molecular flexibility index (Phi) is 9.06. The molecule has 2 nitrogen and oxygen atoms in total. The van der Waals surface area contributed by atoms with E-state index in [0.29, 0.717) is 12.0 Å². The van der Waals surface area contributed by atoms with Crippen LogP contribution in [0, 0.1) is 6.92 Å². The van der Waals surface area contributed by atoms with Crippen molar-refractivity contribution in [2.45, 2.75) is 73.3 Å². The predicted octanol–water partition coefficient (Wildman–Crippen LogP) is 11.2. The molecule has 2 unspecified atom stereocenters. The summed E-state index contributed by atoms with van der Waals surface area (Å²) in [4.78, 5) is 2.53. The predicted molar refractivity (Wildman–Crippen MR) is 189 cm³/mol. The Labute approximate surface area is 259 Å². The molecule has 0 amide bonds. The molecule has 0 radical (unpaired) electrons. The van der Waals surface area contributed by atoms with Gasteiger partial charge < -0.3 is 9.47 Å². The summed E-state index contributed by atoms with van der Waals surface area (Å²) in [6, 6.07) is 15.7. The van der Waals surface area contributed by atoms with Crippen LogP contribution in [0.4, 0.5) is 5.69 Å². The van der Waals surface area contributed by atoms with Gasteiger partial charge in [-0.15, -0.1) is 0 Å². The minimum atomic E-state index is 0.312. The number of hydrogen-bond acceptors (Lipinski definition) is 1. The maximum atomic E-state index is 4.50. The van der Waals surface area contributed by atoms with E-state index in [1.54, 1.807) is 0 Å². The van der Waals surface area contributed by atoms with Crippen molar-refractivity contribution >= 4 is 28.4 Å². The second-order valence-electron chi connectivity index (χ2n) is 11.7. The lowest BCUT2D eigenvalue weighted by Crippen LogP contribution is -2.31. The van der Waals surface area contributed by atoms with Gasteiger partial charge in [-0.05, 0) is 88.0 Å². The van der Waals surface area contributed by atoms with E-state index in [1.165, 1.54) is 55.8 Å². The number of nitrogens with zero attached hydrogens (tertiary/aromatic N) is 2. The number of allylic oxidation sites excluding steroid dienone is 12. The molecule has 0 saturated carbocycles. The summed E-state index contributed by atoms with van der Waals surface area (Å²) in [6.45, 7) is 19.8. The van der Waals surface area contributed by atoms with Crippen LogP contribution in [0.1, 0.15) is 76.3 Å². The highest BCUT2D eigenvalue weighted by Gasteiger charge is 2.38. The van der Waals surface area contributed by atoms with Gasteiger partial charge in [-0.2, -0.15) is 0 Å². The van der Waals surface area contributed by atoms with Crippen molar-refractivity contribution in [3.05, 3.63) is 149 Å². The Hall–Kier alpha value is -4.30. The Balaban J connectivity index is 1.45. The van der Waals surface area contributed by atoms with Gasteiger partial charge in [-0.3, -0.25) is 0 Å². The molecular formula is C41H46N2. The normalized spacial score (nSPS) is 19.1. The van der Waals surface area contributed by atoms with Crippen molar-refractivity contribution < 1.29 is 0 Å². The van der Waals surface area contributed by atoms with Gasteiger partial charge in [0.25, 0.3) is 0 Å². The molecule has 0 N–H and O–H groups in total. The number of hydrogen-bond donors (Lipinski definition) is 0. The highest BCUT2D eigenvalue weighted by atomic mass is 15.2. The zero-order valence-electron chi connectivity index (χ0n) is 27.0. The summed E-state index contributed by atoms with van der Waals surface area (Å²) in [5.74, 6) is 0.390. The van der Waals surface area contributed by atoms with Crippen LogP contribution in [0.15, 0.2) is 126 Å². The van der Waals surface area contributed by atoms with Crippen LogP contribution in [0.2, 0.25) is 0 Å². The molecule has 2 aromatic carbocycles. The second kappa shape index (κ2) is 12.9. The summed E-state index contributed by atoms with van der Waals surface area (Å²) in [7, 11) is 0. The molecule has 0 saturated heterocycles. The van der Waals surface area contributed by atoms with E-state index in [9.17, 15) is 0 Å². The first kappa shape index (κ1) is 30.2. The molecule has 0 spiro atoms. The molecule has 1 aromatic heterocycles. The van der Waals surface area contributed by atoms with Gasteiger partial charge in [0.1, 0.15) is 0 Å². The first-order chi connectivity index (χ1) is 20.8. The van der Waals surface area contributed by atoms with Crippen LogP contribution in [-0.2, 0) is 6.42 Å². The molecule has 220 valence electrons. The summed E-state index contributed by atoms with van der Waals surface area (Å²) in [6.07, 6.45) is 24.5. The van der Waals surface area contributed by atoms with Crippen LogP contribution in [0.5, 0.6) is 0 Å². The van der Waals surface area contributed by atoms with E-state index >= 15 is 0 Å². The maximum Gasteiger partial charge on any atom is 0.0626 e. The molecule has 0 bridgehead atoms. The van der Waals surface area contributed by atoms with Gasteiger partial charge in [0.2, 0.25) is 0 Å². The van der Waals surface area contributed by atoms with Crippen molar-refractivity contribution in [3.8, 4) is 0 Å². The minimum absolute atomic E-state index is 0.312. The third kappa shape index (κ3) is 5.59. The van der Waals surface area contributed by atoms with E-state index in [4.69, 9.17) is 0 Å². The number of anilines is 1. The van der Waals surface area contributed by atoms with Crippen molar-refractivity contribution in [1.82, 2.24) is 4.57 Å². The molecule has 2 atom stereocenters. The maximum absolute atomic E-state index is 4.50. The van der Waals surface area contributed by atoms with E-state index in [1.807, 2.05) is 0 Å². The Morgan fingerprint density at radius 3 is 2.49 bits per heavy atom. The Morgan fingerprint density at radius 2 is 1.77 bits per heavy atom. The lowest BCUT2D eigenvalue weighted by atomic mass is 9.88. The molecular weight excluding hydrogens is 520 g/mol. The van der Waals surface area contributed by atoms with E-state index in [0.717, 1.165) is 24.1 Å². The van der Waals surface area contributed by atoms with Gasteiger partial charge in [0.05, 0.1) is 11.6 Å². The fourth-order valence-electron chi connectivity index (χ4n) is 6.83. The first-order valence-corrected chi connectivity index (χ1v) is 15.8. The quantitative estimate of drug-likeness (QED) is 0.234. The minimum Gasteiger partial charge on any atom is -0.337 e. The zero-order valence-corrected chi connectivity index (χ0v) is 27.0. The summed E-state index contributed by atoms with van der Waals surface area (Å²) >= 11 is 0. The summed E-state index contributed by atoms with van der Waals surface area (Å²) in [5.41, 5.74) is 14.0. The molecule has 0 fully saturated rings. The third-order valence-corrected chi connectivity index (χ3v) is 8.93. The van der Waals surface area contributed by atoms with Crippen LogP contribution in [0.3, 0.4) is 0 Å². The molecule has 2 heterocycles. The smallest absolute Gasteiger partial charge is 0.0626 e. The van der Waals surface area contributed by atoms with Crippen molar-refractivity contribution in [1.29, 1.82) is 0 Å². The van der Waals surface area contributed by atoms with Crippen LogP contribution >= 0.6 is 0 Å². The Bertz CT molecular complexity index is 1760.